The maximum absolute atomic E-state index is 14.0. The second-order valence-electron chi connectivity index (χ2n) is 17.4. The lowest BCUT2D eigenvalue weighted by molar-refractivity contribution is -0.318. The molecule has 0 bridgehead atoms. The van der Waals surface area contributed by atoms with Gasteiger partial charge in [-0.15, -0.1) is 0 Å². The molecular formula is C48H50O25. The molecule has 5 heterocycles. The van der Waals surface area contributed by atoms with Crippen molar-refractivity contribution < 1.29 is 114 Å². The van der Waals surface area contributed by atoms with Gasteiger partial charge < -0.3 is 114 Å². The van der Waals surface area contributed by atoms with Gasteiger partial charge in [0.15, 0.2) is 17.8 Å². The van der Waals surface area contributed by atoms with Crippen LogP contribution in [-0.4, -0.2) is 175 Å². The number of fused-ring (bicyclic) bond motifs is 2. The molecule has 4 aromatic carbocycles. The van der Waals surface area contributed by atoms with E-state index in [2.05, 4.69) is 0 Å². The van der Waals surface area contributed by atoms with Gasteiger partial charge >= 0.3 is 0 Å². The number of hydrogen-bond acceptors (Lipinski definition) is 25. The molecule has 15 N–H and O–H groups in total. The number of aliphatic hydroxyl groups is 9. The van der Waals surface area contributed by atoms with Gasteiger partial charge in [-0.1, -0.05) is 0 Å². The van der Waals surface area contributed by atoms with Crippen molar-refractivity contribution in [3.8, 4) is 68.6 Å². The standard InChI is InChI=1S/C33H40O19.C15H10O6/c1-10-19(36)23(40)26(43)31(47-10)46-9-17-21(38)25(42)28(45)33(51-17)52-30-22(39)18-15(35)7-14(49-32-27(44)24(41)20(37)11(2)48-32)8-16(18)50-29(30)12-3-5-13(34)6-4-12;16-8-3-1-7(2-4-8)15-14(20)13(19)12-10(18)5-9(17)6-11(12)21-15/h3-8,10-11,17,19-21,23-28,31-38,40-45H,9H2,1-2H3;1-6,16-18,20H/t10-,11-,17+,19-,20-,21-,23+,24+,25-,26+,27+,28+,31+,32-,33-;/m0./s1. The lowest BCUT2D eigenvalue weighted by Gasteiger charge is -2.42. The highest BCUT2D eigenvalue weighted by Gasteiger charge is 2.48. The number of rotatable bonds is 9. The SMILES string of the molecule is C[C@@H]1O[C@@H](OC[C@H]2O[C@@H](Oc3c(-c4ccc(O)cc4)oc4cc(O[C@@H]5O[C@@H](C)[C@H](O)[C@@H](O)[C@H]5O)cc(O)c4c3=O)[C@H](O)[C@@H](O)[C@H]2O)[C@H](O)[C@H](O)[C@H]1O.O=c1c(O)c(-c2ccc(O)cc2)oc2cc(O)cc(O)c12. The first-order chi connectivity index (χ1) is 34.5. The van der Waals surface area contributed by atoms with E-state index in [1.165, 1.54) is 74.5 Å². The van der Waals surface area contributed by atoms with Crippen LogP contribution in [0.15, 0.2) is 91.2 Å². The Morgan fingerprint density at radius 3 is 1.52 bits per heavy atom. The van der Waals surface area contributed by atoms with E-state index in [0.717, 1.165) is 12.1 Å². The summed E-state index contributed by atoms with van der Waals surface area (Å²) in [5.74, 6) is -3.51. The highest BCUT2D eigenvalue weighted by atomic mass is 16.7. The zero-order valence-corrected chi connectivity index (χ0v) is 38.1. The smallest absolute Gasteiger partial charge is 0.239 e. The molecule has 3 aliphatic heterocycles. The van der Waals surface area contributed by atoms with Crippen molar-refractivity contribution in [3.63, 3.8) is 0 Å². The van der Waals surface area contributed by atoms with Crippen LogP contribution in [0.5, 0.6) is 46.0 Å². The van der Waals surface area contributed by atoms with Gasteiger partial charge in [0, 0.05) is 35.4 Å². The van der Waals surface area contributed by atoms with Crippen LogP contribution >= 0.6 is 0 Å². The van der Waals surface area contributed by atoms with Crippen LogP contribution in [0.4, 0.5) is 0 Å². The third kappa shape index (κ3) is 10.4. The average molecular weight is 1030 g/mol. The van der Waals surface area contributed by atoms with Crippen molar-refractivity contribution in [3.05, 3.63) is 93.2 Å². The van der Waals surface area contributed by atoms with Gasteiger partial charge in [-0.25, -0.2) is 0 Å². The summed E-state index contributed by atoms with van der Waals surface area (Å²) in [5, 5.41) is 152. The monoisotopic (exact) mass is 1030 g/mol. The maximum atomic E-state index is 14.0. The summed E-state index contributed by atoms with van der Waals surface area (Å²) in [5.41, 5.74) is -1.66. The van der Waals surface area contributed by atoms with Crippen LogP contribution in [-0.2, 0) is 18.9 Å². The fourth-order valence-electron chi connectivity index (χ4n) is 8.17. The van der Waals surface area contributed by atoms with Gasteiger partial charge in [0.25, 0.3) is 0 Å². The topological polar surface area (TPSA) is 419 Å². The molecule has 3 saturated heterocycles. The quantitative estimate of drug-likeness (QED) is 0.0859. The highest BCUT2D eigenvalue weighted by molar-refractivity contribution is 5.89. The fraction of sp³-hybridized carbons (Fsp3) is 0.375. The van der Waals surface area contributed by atoms with Gasteiger partial charge in [0.05, 0.1) is 18.8 Å². The molecule has 6 aromatic rings. The second-order valence-corrected chi connectivity index (χ2v) is 17.4. The molecule has 15 atom stereocenters. The van der Waals surface area contributed by atoms with Crippen molar-refractivity contribution >= 4 is 21.9 Å². The van der Waals surface area contributed by atoms with E-state index >= 15 is 0 Å². The Balaban J connectivity index is 0.000000281. The third-order valence-electron chi connectivity index (χ3n) is 12.3. The van der Waals surface area contributed by atoms with Crippen molar-refractivity contribution in [1.82, 2.24) is 0 Å². The van der Waals surface area contributed by atoms with Crippen molar-refractivity contribution in [2.24, 2.45) is 0 Å². The van der Waals surface area contributed by atoms with Gasteiger partial charge in [-0.3, -0.25) is 9.59 Å². The molecule has 2 aromatic heterocycles. The van der Waals surface area contributed by atoms with Crippen molar-refractivity contribution in [2.45, 2.75) is 106 Å². The van der Waals surface area contributed by atoms with Gasteiger partial charge in [0.1, 0.15) is 117 Å². The Labute approximate surface area is 409 Å². The number of phenolic OH excluding ortho intramolecular Hbond substituents is 5. The molecule has 392 valence electrons. The first-order valence-corrected chi connectivity index (χ1v) is 22.2. The summed E-state index contributed by atoms with van der Waals surface area (Å²) in [6.07, 6.45) is -23.5. The Hall–Kier alpha value is -6.82. The van der Waals surface area contributed by atoms with Crippen LogP contribution in [0.3, 0.4) is 0 Å². The molecule has 0 amide bonds. The van der Waals surface area contributed by atoms with E-state index in [1.807, 2.05) is 0 Å². The van der Waals surface area contributed by atoms with E-state index in [4.69, 9.17) is 37.3 Å². The molecule has 25 nitrogen and oxygen atoms in total. The molecule has 0 saturated carbocycles. The molecular weight excluding hydrogens is 977 g/mol. The van der Waals surface area contributed by atoms with Crippen LogP contribution in [0.1, 0.15) is 13.8 Å². The number of aliphatic hydroxyl groups excluding tert-OH is 9. The molecule has 0 spiro atoms. The van der Waals surface area contributed by atoms with Gasteiger partial charge in [-0.05, 0) is 62.4 Å². The lowest BCUT2D eigenvalue weighted by Crippen LogP contribution is -2.61. The fourth-order valence-corrected chi connectivity index (χ4v) is 8.17. The van der Waals surface area contributed by atoms with Crippen LogP contribution in [0.2, 0.25) is 0 Å². The molecule has 0 unspecified atom stereocenters. The lowest BCUT2D eigenvalue weighted by atomic mass is 9.98. The summed E-state index contributed by atoms with van der Waals surface area (Å²) in [4.78, 5) is 26.1. The number of ether oxygens (including phenoxy) is 6. The summed E-state index contributed by atoms with van der Waals surface area (Å²) in [6, 6.07) is 15.2. The summed E-state index contributed by atoms with van der Waals surface area (Å²) < 4.78 is 44.9. The molecule has 3 fully saturated rings. The van der Waals surface area contributed by atoms with E-state index in [-0.39, 0.29) is 56.6 Å². The van der Waals surface area contributed by atoms with E-state index in [0.29, 0.717) is 5.56 Å². The summed E-state index contributed by atoms with van der Waals surface area (Å²) >= 11 is 0. The number of hydrogen-bond donors (Lipinski definition) is 15. The molecule has 9 rings (SSSR count). The van der Waals surface area contributed by atoms with Crippen molar-refractivity contribution in [2.75, 3.05) is 6.61 Å². The average Bonchev–Trinajstić information content (AvgIpc) is 3.35. The van der Waals surface area contributed by atoms with Crippen LogP contribution in [0.25, 0.3) is 44.6 Å². The molecule has 73 heavy (non-hydrogen) atoms. The minimum Gasteiger partial charge on any atom is -0.508 e. The molecule has 0 aliphatic carbocycles. The first-order valence-electron chi connectivity index (χ1n) is 22.2. The molecule has 3 aliphatic rings. The van der Waals surface area contributed by atoms with E-state index in [1.54, 1.807) is 0 Å². The maximum Gasteiger partial charge on any atom is 0.239 e. The minimum absolute atomic E-state index is 0.0247. The van der Waals surface area contributed by atoms with Crippen LogP contribution in [0, 0.1) is 0 Å². The Kier molecular flexibility index (Phi) is 15.1. The summed E-state index contributed by atoms with van der Waals surface area (Å²) in [6.45, 7) is 2.25. The largest absolute Gasteiger partial charge is 0.508 e. The molecule has 25 heteroatoms. The highest BCUT2D eigenvalue weighted by Crippen LogP contribution is 2.40. The predicted octanol–water partition coefficient (Wildman–Crippen LogP) is -0.610. The summed E-state index contributed by atoms with van der Waals surface area (Å²) in [7, 11) is 0. The third-order valence-corrected chi connectivity index (χ3v) is 12.3. The predicted molar refractivity (Wildman–Crippen MR) is 244 cm³/mol. The number of benzene rings is 4. The van der Waals surface area contributed by atoms with Crippen LogP contribution < -0.4 is 20.3 Å². The zero-order valence-electron chi connectivity index (χ0n) is 38.1. The Bertz CT molecular complexity index is 3050. The van der Waals surface area contributed by atoms with E-state index in [9.17, 15) is 86.2 Å². The Morgan fingerprint density at radius 1 is 0.466 bits per heavy atom. The van der Waals surface area contributed by atoms with Gasteiger partial charge in [0.2, 0.25) is 34.9 Å². The zero-order chi connectivity index (χ0) is 52.9. The normalized spacial score (nSPS) is 30.4. The second kappa shape index (κ2) is 21.0. The molecule has 0 radical (unpaired) electrons. The van der Waals surface area contributed by atoms with Gasteiger partial charge in [-0.2, -0.15) is 0 Å². The number of phenols is 5. The first kappa shape index (κ1) is 52.5. The Morgan fingerprint density at radius 2 is 0.932 bits per heavy atom. The minimum atomic E-state index is -1.98. The number of aromatic hydroxyl groups is 6. The van der Waals surface area contributed by atoms with E-state index < -0.39 is 138 Å². The van der Waals surface area contributed by atoms with Crippen molar-refractivity contribution in [1.29, 1.82) is 0 Å².